The van der Waals surface area contributed by atoms with E-state index in [1.54, 1.807) is 0 Å². The average Bonchev–Trinajstić information content (AvgIpc) is 3.31. The molecule has 0 aliphatic heterocycles. The highest BCUT2D eigenvalue weighted by molar-refractivity contribution is 9.10. The summed E-state index contributed by atoms with van der Waals surface area (Å²) < 4.78 is 3.71. The number of thiophene rings is 1. The monoisotopic (exact) mass is 555 g/mol. The Morgan fingerprint density at radius 3 is 1.92 bits per heavy atom. The van der Waals surface area contributed by atoms with E-state index in [1.165, 1.54) is 42.1 Å². The summed E-state index contributed by atoms with van der Waals surface area (Å²) in [5.74, 6) is 0. The molecule has 176 valence electrons. The molecule has 0 saturated carbocycles. The van der Waals surface area contributed by atoms with Crippen LogP contribution in [0.5, 0.6) is 0 Å². The van der Waals surface area contributed by atoms with E-state index in [2.05, 4.69) is 154 Å². The molecule has 0 atom stereocenters. The van der Waals surface area contributed by atoms with Gasteiger partial charge in [-0.25, -0.2) is 0 Å². The molecule has 0 spiro atoms. The van der Waals surface area contributed by atoms with E-state index in [-0.39, 0.29) is 0 Å². The van der Waals surface area contributed by atoms with Crippen LogP contribution in [0, 0.1) is 0 Å². The molecule has 0 amide bonds. The summed E-state index contributed by atoms with van der Waals surface area (Å²) in [6.07, 6.45) is 0. The van der Waals surface area contributed by atoms with Crippen LogP contribution in [0.1, 0.15) is 0 Å². The van der Waals surface area contributed by atoms with Gasteiger partial charge in [-0.3, -0.25) is 0 Å². The first kappa shape index (κ1) is 22.3. The molecule has 3 heteroatoms. The molecule has 1 nitrogen and oxygen atoms in total. The maximum atomic E-state index is 3.68. The predicted molar refractivity (Wildman–Crippen MR) is 165 cm³/mol. The van der Waals surface area contributed by atoms with Crippen LogP contribution in [0.15, 0.2) is 138 Å². The number of halogens is 1. The molecule has 1 heterocycles. The minimum Gasteiger partial charge on any atom is -0.310 e. The highest BCUT2D eigenvalue weighted by Gasteiger charge is 2.19. The van der Waals surface area contributed by atoms with Crippen molar-refractivity contribution in [3.05, 3.63) is 138 Å². The highest BCUT2D eigenvalue weighted by Crippen LogP contribution is 2.46. The van der Waals surface area contributed by atoms with Crippen molar-refractivity contribution in [2.45, 2.75) is 0 Å². The Bertz CT molecular complexity index is 1850. The molecule has 37 heavy (non-hydrogen) atoms. The fourth-order valence-electron chi connectivity index (χ4n) is 5.23. The van der Waals surface area contributed by atoms with Gasteiger partial charge in [-0.2, -0.15) is 0 Å². The highest BCUT2D eigenvalue weighted by atomic mass is 79.9. The third-order valence-electron chi connectivity index (χ3n) is 6.89. The van der Waals surface area contributed by atoms with Gasteiger partial charge in [0.15, 0.2) is 0 Å². The van der Waals surface area contributed by atoms with Crippen LogP contribution in [0.4, 0.5) is 17.1 Å². The largest absolute Gasteiger partial charge is 0.310 e. The normalized spacial score (nSPS) is 11.4. The summed E-state index contributed by atoms with van der Waals surface area (Å²) in [6, 6.07) is 47.9. The Balaban J connectivity index is 1.59. The van der Waals surface area contributed by atoms with Crippen LogP contribution in [-0.2, 0) is 0 Å². The molecular weight excluding hydrogens is 534 g/mol. The van der Waals surface area contributed by atoms with Crippen molar-refractivity contribution in [1.29, 1.82) is 0 Å². The van der Waals surface area contributed by atoms with Crippen molar-refractivity contribution in [3.63, 3.8) is 0 Å². The van der Waals surface area contributed by atoms with Gasteiger partial charge in [0.05, 0.1) is 0 Å². The van der Waals surface area contributed by atoms with E-state index < -0.39 is 0 Å². The third-order valence-corrected chi connectivity index (χ3v) is 8.58. The lowest BCUT2D eigenvalue weighted by atomic mass is 9.96. The zero-order valence-electron chi connectivity index (χ0n) is 19.9. The van der Waals surface area contributed by atoms with Gasteiger partial charge < -0.3 is 4.90 Å². The van der Waals surface area contributed by atoms with E-state index in [0.717, 1.165) is 21.5 Å². The smallest absolute Gasteiger partial charge is 0.0475 e. The first-order chi connectivity index (χ1) is 18.3. The molecule has 6 aromatic carbocycles. The van der Waals surface area contributed by atoms with E-state index in [0.29, 0.717) is 0 Å². The second kappa shape index (κ2) is 9.19. The zero-order valence-corrected chi connectivity index (χ0v) is 22.3. The summed E-state index contributed by atoms with van der Waals surface area (Å²) in [4.78, 5) is 2.36. The van der Waals surface area contributed by atoms with Crippen molar-refractivity contribution < 1.29 is 0 Å². The number of hydrogen-bond donors (Lipinski definition) is 0. The molecule has 0 unspecified atom stereocenters. The lowest BCUT2D eigenvalue weighted by molar-refractivity contribution is 1.29. The second-order valence-electron chi connectivity index (χ2n) is 9.15. The fraction of sp³-hybridized carbons (Fsp3) is 0. The Morgan fingerprint density at radius 2 is 1.16 bits per heavy atom. The van der Waals surface area contributed by atoms with Gasteiger partial charge in [-0.1, -0.05) is 101 Å². The van der Waals surface area contributed by atoms with Crippen LogP contribution >= 0.6 is 27.3 Å². The van der Waals surface area contributed by atoms with Crippen LogP contribution in [-0.4, -0.2) is 0 Å². The number of fused-ring (bicyclic) bond motifs is 4. The van der Waals surface area contributed by atoms with E-state index in [9.17, 15) is 0 Å². The minimum atomic E-state index is 1.11. The molecule has 1 aromatic heterocycles. The number of benzene rings is 6. The van der Waals surface area contributed by atoms with Gasteiger partial charge in [-0.15, -0.1) is 11.3 Å². The Hall–Kier alpha value is -3.92. The molecule has 0 saturated heterocycles. The van der Waals surface area contributed by atoms with Crippen molar-refractivity contribution in [3.8, 4) is 11.1 Å². The van der Waals surface area contributed by atoms with Crippen molar-refractivity contribution in [1.82, 2.24) is 0 Å². The summed E-state index contributed by atoms with van der Waals surface area (Å²) in [7, 11) is 0. The number of nitrogens with zero attached hydrogens (tertiary/aromatic N) is 1. The number of hydrogen-bond acceptors (Lipinski definition) is 2. The first-order valence-electron chi connectivity index (χ1n) is 12.3. The maximum Gasteiger partial charge on any atom is 0.0475 e. The summed E-state index contributed by atoms with van der Waals surface area (Å²) in [5.41, 5.74) is 5.95. The van der Waals surface area contributed by atoms with Crippen LogP contribution in [0.3, 0.4) is 0 Å². The van der Waals surface area contributed by atoms with Crippen molar-refractivity contribution in [2.75, 3.05) is 4.90 Å². The molecule has 0 aliphatic carbocycles. The lowest BCUT2D eigenvalue weighted by Gasteiger charge is -2.26. The maximum absolute atomic E-state index is 3.68. The lowest BCUT2D eigenvalue weighted by Crippen LogP contribution is -2.09. The molecule has 0 radical (unpaired) electrons. The van der Waals surface area contributed by atoms with Gasteiger partial charge >= 0.3 is 0 Å². The number of anilines is 3. The number of para-hydroxylation sites is 2. The second-order valence-corrected chi connectivity index (χ2v) is 11.1. The predicted octanol–water partition coefficient (Wildman–Crippen LogP) is 11.1. The molecular formula is C34H22BrNS. The average molecular weight is 557 g/mol. The van der Waals surface area contributed by atoms with Gasteiger partial charge in [0.1, 0.15) is 0 Å². The van der Waals surface area contributed by atoms with Crippen LogP contribution in [0.2, 0.25) is 0 Å². The van der Waals surface area contributed by atoms with Crippen molar-refractivity contribution >= 4 is 75.3 Å². The SMILES string of the molecule is Brc1ccc2c(c1)sc1c(-c3cccc4ccccc34)cc(N(c3ccccc3)c3ccccc3)cc12. The standard InChI is InChI=1S/C34H22BrNS/c35-24-18-19-30-32-22-27(36(25-12-3-1-4-13-25)26-14-5-2-6-15-26)21-31(34(32)37-33(30)20-24)29-17-9-11-23-10-7-8-16-28(23)29/h1-22H. The van der Waals surface area contributed by atoms with Gasteiger partial charge in [0.2, 0.25) is 0 Å². The Morgan fingerprint density at radius 1 is 0.486 bits per heavy atom. The van der Waals surface area contributed by atoms with Gasteiger partial charge in [-0.05, 0) is 64.9 Å². The van der Waals surface area contributed by atoms with E-state index in [1.807, 2.05) is 11.3 Å². The van der Waals surface area contributed by atoms with Gasteiger partial charge in [0, 0.05) is 47.3 Å². The first-order valence-corrected chi connectivity index (χ1v) is 13.9. The minimum absolute atomic E-state index is 1.11. The molecule has 0 fully saturated rings. The number of rotatable bonds is 4. The van der Waals surface area contributed by atoms with Crippen LogP contribution < -0.4 is 4.90 Å². The summed E-state index contributed by atoms with van der Waals surface area (Å²) in [6.45, 7) is 0. The topological polar surface area (TPSA) is 3.24 Å². The molecule has 0 bridgehead atoms. The Kier molecular flexibility index (Phi) is 5.53. The van der Waals surface area contributed by atoms with E-state index >= 15 is 0 Å². The summed E-state index contributed by atoms with van der Waals surface area (Å²) in [5, 5.41) is 5.09. The van der Waals surface area contributed by atoms with Crippen molar-refractivity contribution in [2.24, 2.45) is 0 Å². The summed E-state index contributed by atoms with van der Waals surface area (Å²) >= 11 is 5.55. The molecule has 7 aromatic rings. The Labute approximate surface area is 228 Å². The van der Waals surface area contributed by atoms with E-state index in [4.69, 9.17) is 0 Å². The zero-order chi connectivity index (χ0) is 24.8. The quantitative estimate of drug-likeness (QED) is 0.208. The molecule has 0 aliphatic rings. The van der Waals surface area contributed by atoms with Crippen LogP contribution in [0.25, 0.3) is 42.1 Å². The molecule has 0 N–H and O–H groups in total. The van der Waals surface area contributed by atoms with Gasteiger partial charge in [0.25, 0.3) is 0 Å². The third kappa shape index (κ3) is 3.92. The fourth-order valence-corrected chi connectivity index (χ4v) is 6.99. The molecule has 7 rings (SSSR count).